The van der Waals surface area contributed by atoms with Gasteiger partial charge in [0.2, 0.25) is 5.91 Å². The van der Waals surface area contributed by atoms with E-state index in [9.17, 15) is 23.1 Å². The van der Waals surface area contributed by atoms with Crippen LogP contribution in [0.2, 0.25) is 5.02 Å². The summed E-state index contributed by atoms with van der Waals surface area (Å²) in [4.78, 5) is 12.9. The minimum Gasteiger partial charge on any atom is -0.392 e. The Kier molecular flexibility index (Phi) is 4.46. The van der Waals surface area contributed by atoms with Crippen molar-refractivity contribution in [2.45, 2.75) is 31.3 Å². The van der Waals surface area contributed by atoms with Crippen LogP contribution in [0.1, 0.15) is 17.5 Å². The van der Waals surface area contributed by atoms with Gasteiger partial charge in [0.05, 0.1) is 22.7 Å². The average Bonchev–Trinajstić information content (AvgIpc) is 2.68. The molecule has 4 nitrogen and oxygen atoms in total. The van der Waals surface area contributed by atoms with Crippen molar-refractivity contribution in [1.29, 1.82) is 0 Å². The molecule has 0 aliphatic carbocycles. The number of primary amides is 1. The molecule has 0 spiro atoms. The van der Waals surface area contributed by atoms with Crippen LogP contribution in [0.4, 0.5) is 13.2 Å². The Bertz CT molecular complexity index is 551. The Balaban J connectivity index is 2.17. The summed E-state index contributed by atoms with van der Waals surface area (Å²) in [7, 11) is 0. The van der Waals surface area contributed by atoms with Gasteiger partial charge < -0.3 is 10.8 Å². The van der Waals surface area contributed by atoms with Crippen molar-refractivity contribution in [3.8, 4) is 0 Å². The van der Waals surface area contributed by atoms with Crippen LogP contribution in [-0.4, -0.2) is 34.6 Å². The molecule has 2 rings (SSSR count). The van der Waals surface area contributed by atoms with E-state index in [0.29, 0.717) is 5.56 Å². The minimum absolute atomic E-state index is 0.197. The molecule has 8 heteroatoms. The molecular formula is C13H14ClF3N2O2. The molecule has 1 saturated heterocycles. The number of hydrogen-bond donors (Lipinski definition) is 2. The van der Waals surface area contributed by atoms with E-state index in [1.54, 1.807) is 4.90 Å². The number of likely N-dealkylation sites (tertiary alicyclic amines) is 1. The third-order valence-electron chi connectivity index (χ3n) is 3.43. The van der Waals surface area contributed by atoms with Gasteiger partial charge in [0, 0.05) is 13.1 Å². The number of carbonyl (C=O) groups excluding carboxylic acids is 1. The van der Waals surface area contributed by atoms with E-state index in [1.165, 1.54) is 12.1 Å². The molecule has 1 aliphatic rings. The highest BCUT2D eigenvalue weighted by Gasteiger charge is 2.35. The fraction of sp³-hybridized carbons (Fsp3) is 0.462. The number of aliphatic hydroxyl groups excluding tert-OH is 1. The van der Waals surface area contributed by atoms with E-state index in [2.05, 4.69) is 0 Å². The van der Waals surface area contributed by atoms with E-state index < -0.39 is 34.8 Å². The highest BCUT2D eigenvalue weighted by atomic mass is 35.5. The Hall–Kier alpha value is -1.31. The number of benzene rings is 1. The van der Waals surface area contributed by atoms with Crippen LogP contribution in [0.5, 0.6) is 0 Å². The number of aliphatic hydroxyl groups is 1. The minimum atomic E-state index is -4.50. The summed E-state index contributed by atoms with van der Waals surface area (Å²) in [6, 6.07) is 2.80. The molecule has 1 heterocycles. The molecule has 0 saturated carbocycles. The maximum atomic E-state index is 12.6. The Morgan fingerprint density at radius 3 is 2.67 bits per heavy atom. The molecule has 0 radical (unpaired) electrons. The van der Waals surface area contributed by atoms with Crippen molar-refractivity contribution in [3.63, 3.8) is 0 Å². The molecule has 0 bridgehead atoms. The van der Waals surface area contributed by atoms with Gasteiger partial charge in [0.25, 0.3) is 0 Å². The summed E-state index contributed by atoms with van der Waals surface area (Å²) in [5.41, 5.74) is 4.87. The zero-order valence-corrected chi connectivity index (χ0v) is 11.7. The van der Waals surface area contributed by atoms with Gasteiger partial charge in [-0.15, -0.1) is 0 Å². The van der Waals surface area contributed by atoms with Crippen LogP contribution in [0.3, 0.4) is 0 Å². The summed E-state index contributed by atoms with van der Waals surface area (Å²) < 4.78 is 37.8. The van der Waals surface area contributed by atoms with Gasteiger partial charge in [-0.1, -0.05) is 17.7 Å². The maximum absolute atomic E-state index is 12.6. The van der Waals surface area contributed by atoms with Gasteiger partial charge in [-0.3, -0.25) is 9.69 Å². The van der Waals surface area contributed by atoms with Gasteiger partial charge in [-0.05, 0) is 24.1 Å². The van der Waals surface area contributed by atoms with Gasteiger partial charge in [-0.2, -0.15) is 13.2 Å². The fourth-order valence-corrected chi connectivity index (χ4v) is 2.78. The van der Waals surface area contributed by atoms with E-state index in [1.807, 2.05) is 0 Å². The monoisotopic (exact) mass is 322 g/mol. The number of rotatable bonds is 3. The van der Waals surface area contributed by atoms with E-state index in [-0.39, 0.29) is 19.5 Å². The van der Waals surface area contributed by atoms with Gasteiger partial charge in [0.1, 0.15) is 0 Å². The number of nitrogens with two attached hydrogens (primary N) is 1. The van der Waals surface area contributed by atoms with Crippen LogP contribution in [0.15, 0.2) is 18.2 Å². The number of alkyl halides is 3. The molecule has 1 aromatic carbocycles. The van der Waals surface area contributed by atoms with Crippen LogP contribution in [-0.2, 0) is 17.5 Å². The van der Waals surface area contributed by atoms with Crippen molar-refractivity contribution in [2.24, 2.45) is 5.73 Å². The molecular weight excluding hydrogens is 309 g/mol. The number of carbonyl (C=O) groups is 1. The number of amides is 1. The van der Waals surface area contributed by atoms with Crippen LogP contribution in [0, 0.1) is 0 Å². The van der Waals surface area contributed by atoms with Gasteiger partial charge >= 0.3 is 6.18 Å². The van der Waals surface area contributed by atoms with E-state index in [0.717, 1.165) is 6.07 Å². The van der Waals surface area contributed by atoms with Crippen molar-refractivity contribution in [2.75, 3.05) is 6.54 Å². The Morgan fingerprint density at radius 1 is 1.48 bits per heavy atom. The number of hydrogen-bond acceptors (Lipinski definition) is 3. The first kappa shape index (κ1) is 16.1. The molecule has 0 aromatic heterocycles. The summed E-state index contributed by atoms with van der Waals surface area (Å²) in [5, 5.41) is 9.18. The topological polar surface area (TPSA) is 66.6 Å². The van der Waals surface area contributed by atoms with Crippen molar-refractivity contribution >= 4 is 17.5 Å². The molecule has 2 atom stereocenters. The first-order chi connectivity index (χ1) is 9.68. The standard InChI is InChI=1S/C13H14ClF3N2O2/c14-10-3-7(1-2-9(10)13(15,16)17)5-19-6-8(20)4-11(19)12(18)21/h1-3,8,11,20H,4-6H2,(H2,18,21)/t8-,11+/m1/s1. The van der Waals surface area contributed by atoms with E-state index >= 15 is 0 Å². The zero-order chi connectivity index (χ0) is 15.8. The zero-order valence-electron chi connectivity index (χ0n) is 10.9. The second-order valence-corrected chi connectivity index (χ2v) is 5.46. The summed E-state index contributed by atoms with van der Waals surface area (Å²) in [6.07, 6.45) is -4.95. The number of halogens is 4. The third-order valence-corrected chi connectivity index (χ3v) is 3.75. The van der Waals surface area contributed by atoms with Crippen molar-refractivity contribution in [1.82, 2.24) is 4.90 Å². The molecule has 1 aromatic rings. The molecule has 1 fully saturated rings. The lowest BCUT2D eigenvalue weighted by atomic mass is 10.1. The summed E-state index contributed by atoms with van der Waals surface area (Å²) >= 11 is 5.65. The Labute approximate surface area is 124 Å². The number of β-amino-alcohol motifs (C(OH)–C–C–N with tert-alkyl or cyclic N) is 1. The molecule has 1 amide bonds. The summed E-state index contributed by atoms with van der Waals surface area (Å²) in [5.74, 6) is -0.565. The Morgan fingerprint density at radius 2 is 2.14 bits per heavy atom. The lowest BCUT2D eigenvalue weighted by molar-refractivity contribution is -0.137. The van der Waals surface area contributed by atoms with Gasteiger partial charge in [-0.25, -0.2) is 0 Å². The first-order valence-corrected chi connectivity index (χ1v) is 6.63. The molecule has 116 valence electrons. The second kappa shape index (κ2) is 5.82. The molecule has 1 aliphatic heterocycles. The fourth-order valence-electron chi connectivity index (χ4n) is 2.47. The largest absolute Gasteiger partial charge is 0.417 e. The van der Waals surface area contributed by atoms with Crippen LogP contribution in [0.25, 0.3) is 0 Å². The molecule has 3 N–H and O–H groups in total. The predicted octanol–water partition coefficient (Wildman–Crippen LogP) is 1.78. The van der Waals surface area contributed by atoms with Crippen LogP contribution < -0.4 is 5.73 Å². The smallest absolute Gasteiger partial charge is 0.392 e. The van der Waals surface area contributed by atoms with Gasteiger partial charge in [0.15, 0.2) is 0 Å². The number of nitrogens with zero attached hydrogens (tertiary/aromatic N) is 1. The molecule has 0 unspecified atom stereocenters. The second-order valence-electron chi connectivity index (χ2n) is 5.05. The quantitative estimate of drug-likeness (QED) is 0.891. The summed E-state index contributed by atoms with van der Waals surface area (Å²) in [6.45, 7) is 0.439. The van der Waals surface area contributed by atoms with E-state index in [4.69, 9.17) is 17.3 Å². The molecule has 21 heavy (non-hydrogen) atoms. The normalized spacial score (nSPS) is 23.5. The average molecular weight is 323 g/mol. The lowest BCUT2D eigenvalue weighted by Crippen LogP contribution is -2.39. The SMILES string of the molecule is NC(=O)[C@@H]1C[C@@H](O)CN1Cc1ccc(C(F)(F)F)c(Cl)c1. The lowest BCUT2D eigenvalue weighted by Gasteiger charge is -2.22. The van der Waals surface area contributed by atoms with Crippen LogP contribution >= 0.6 is 11.6 Å². The first-order valence-electron chi connectivity index (χ1n) is 6.25. The third kappa shape index (κ3) is 3.66. The van der Waals surface area contributed by atoms with Crippen molar-refractivity contribution in [3.05, 3.63) is 34.3 Å². The predicted molar refractivity (Wildman–Crippen MR) is 70.5 cm³/mol. The van der Waals surface area contributed by atoms with Crippen molar-refractivity contribution < 1.29 is 23.1 Å². The highest BCUT2D eigenvalue weighted by molar-refractivity contribution is 6.31. The highest BCUT2D eigenvalue weighted by Crippen LogP contribution is 2.35. The maximum Gasteiger partial charge on any atom is 0.417 e.